The molecule has 0 saturated heterocycles. The van der Waals surface area contributed by atoms with E-state index in [1.807, 2.05) is 12.1 Å². The lowest BCUT2D eigenvalue weighted by Gasteiger charge is -2.15. The van der Waals surface area contributed by atoms with Crippen LogP contribution in [0.3, 0.4) is 0 Å². The normalized spacial score (nSPS) is 10.7. The summed E-state index contributed by atoms with van der Waals surface area (Å²) in [7, 11) is 0. The maximum absolute atomic E-state index is 5.94. The molecule has 0 N–H and O–H groups in total. The van der Waals surface area contributed by atoms with Crippen LogP contribution < -0.4 is 9.47 Å². The molecule has 19 heavy (non-hydrogen) atoms. The van der Waals surface area contributed by atoms with Crippen LogP contribution in [-0.2, 0) is 0 Å². The van der Waals surface area contributed by atoms with Crippen molar-refractivity contribution in [2.75, 3.05) is 13.2 Å². The fourth-order valence-electron chi connectivity index (χ4n) is 2.14. The number of fused-ring (bicyclic) bond motifs is 1. The van der Waals surface area contributed by atoms with Crippen molar-refractivity contribution in [2.45, 2.75) is 33.6 Å². The third-order valence-corrected chi connectivity index (χ3v) is 3.07. The van der Waals surface area contributed by atoms with Crippen molar-refractivity contribution >= 4 is 10.8 Å². The summed E-state index contributed by atoms with van der Waals surface area (Å²) >= 11 is 0. The largest absolute Gasteiger partial charge is 0.493 e. The van der Waals surface area contributed by atoms with Crippen LogP contribution in [0.25, 0.3) is 10.8 Å². The van der Waals surface area contributed by atoms with Crippen molar-refractivity contribution in [1.29, 1.82) is 0 Å². The van der Waals surface area contributed by atoms with E-state index in [-0.39, 0.29) is 0 Å². The highest BCUT2D eigenvalue weighted by molar-refractivity contribution is 5.94. The Labute approximate surface area is 115 Å². The summed E-state index contributed by atoms with van der Waals surface area (Å²) in [6, 6.07) is 10.4. The van der Waals surface area contributed by atoms with Crippen molar-refractivity contribution in [3.05, 3.63) is 35.9 Å². The van der Waals surface area contributed by atoms with Crippen LogP contribution in [0.15, 0.2) is 30.3 Å². The van der Waals surface area contributed by atoms with Gasteiger partial charge in [-0.15, -0.1) is 0 Å². The first-order chi connectivity index (χ1) is 9.27. The minimum atomic E-state index is 0.736. The van der Waals surface area contributed by atoms with Crippen LogP contribution in [0.5, 0.6) is 11.5 Å². The van der Waals surface area contributed by atoms with Crippen molar-refractivity contribution in [2.24, 2.45) is 0 Å². The molecular weight excluding hydrogens is 236 g/mol. The number of aryl methyl sites for hydroxylation is 1. The molecule has 2 aromatic rings. The summed E-state index contributed by atoms with van der Waals surface area (Å²) in [5.74, 6) is 1.89. The van der Waals surface area contributed by atoms with E-state index in [4.69, 9.17) is 9.47 Å². The Balaban J connectivity index is 2.52. The van der Waals surface area contributed by atoms with Gasteiger partial charge >= 0.3 is 0 Å². The van der Waals surface area contributed by atoms with Gasteiger partial charge in [-0.2, -0.15) is 0 Å². The summed E-state index contributed by atoms with van der Waals surface area (Å²) in [5, 5.41) is 2.27. The Hall–Kier alpha value is -1.70. The molecule has 2 heteroatoms. The van der Waals surface area contributed by atoms with Crippen LogP contribution in [0.1, 0.15) is 32.3 Å². The molecule has 0 saturated carbocycles. The quantitative estimate of drug-likeness (QED) is 0.746. The van der Waals surface area contributed by atoms with Crippen molar-refractivity contribution in [3.63, 3.8) is 0 Å². The van der Waals surface area contributed by atoms with E-state index >= 15 is 0 Å². The molecule has 0 spiro atoms. The molecule has 0 fully saturated rings. The number of ether oxygens (including phenoxy) is 2. The van der Waals surface area contributed by atoms with Crippen LogP contribution in [-0.4, -0.2) is 13.2 Å². The molecule has 0 aliphatic rings. The lowest BCUT2D eigenvalue weighted by atomic mass is 10.0. The molecule has 0 unspecified atom stereocenters. The minimum Gasteiger partial charge on any atom is -0.493 e. The van der Waals surface area contributed by atoms with Gasteiger partial charge in [0.2, 0.25) is 0 Å². The lowest BCUT2D eigenvalue weighted by molar-refractivity contribution is 0.308. The highest BCUT2D eigenvalue weighted by Gasteiger charge is 2.11. The highest BCUT2D eigenvalue weighted by Crippen LogP contribution is 2.36. The van der Waals surface area contributed by atoms with Gasteiger partial charge in [0.15, 0.2) is 0 Å². The maximum atomic E-state index is 5.94. The average Bonchev–Trinajstić information content (AvgIpc) is 2.44. The highest BCUT2D eigenvalue weighted by atomic mass is 16.5. The molecule has 0 atom stereocenters. The number of benzene rings is 2. The SMILES string of the molecule is CCCOc1cccc2ccc(C)c(OCCC)c12. The summed E-state index contributed by atoms with van der Waals surface area (Å²) in [4.78, 5) is 0. The molecule has 2 rings (SSSR count). The topological polar surface area (TPSA) is 18.5 Å². The summed E-state index contributed by atoms with van der Waals surface area (Å²) in [6.45, 7) is 7.79. The predicted molar refractivity (Wildman–Crippen MR) is 80.3 cm³/mol. The molecule has 0 radical (unpaired) electrons. The van der Waals surface area contributed by atoms with Gasteiger partial charge in [-0.1, -0.05) is 38.1 Å². The summed E-state index contributed by atoms with van der Waals surface area (Å²) in [6.07, 6.45) is 2.02. The van der Waals surface area contributed by atoms with Crippen LogP contribution >= 0.6 is 0 Å². The van der Waals surface area contributed by atoms with Gasteiger partial charge in [-0.3, -0.25) is 0 Å². The lowest BCUT2D eigenvalue weighted by Crippen LogP contribution is -2.01. The van der Waals surface area contributed by atoms with E-state index < -0.39 is 0 Å². The van der Waals surface area contributed by atoms with Crippen molar-refractivity contribution in [1.82, 2.24) is 0 Å². The number of hydrogen-bond acceptors (Lipinski definition) is 2. The van der Waals surface area contributed by atoms with E-state index in [2.05, 4.69) is 39.0 Å². The molecule has 0 bridgehead atoms. The second kappa shape index (κ2) is 6.46. The van der Waals surface area contributed by atoms with Gasteiger partial charge in [-0.25, -0.2) is 0 Å². The Morgan fingerprint density at radius 1 is 0.895 bits per heavy atom. The second-order valence-corrected chi connectivity index (χ2v) is 4.76. The van der Waals surface area contributed by atoms with Crippen molar-refractivity contribution < 1.29 is 9.47 Å². The number of hydrogen-bond donors (Lipinski definition) is 0. The van der Waals surface area contributed by atoms with Crippen LogP contribution in [0.4, 0.5) is 0 Å². The second-order valence-electron chi connectivity index (χ2n) is 4.76. The predicted octanol–water partition coefficient (Wildman–Crippen LogP) is 4.73. The molecule has 2 aromatic carbocycles. The Morgan fingerprint density at radius 2 is 1.63 bits per heavy atom. The zero-order valence-corrected chi connectivity index (χ0v) is 12.0. The fraction of sp³-hybridized carbons (Fsp3) is 0.412. The molecule has 0 amide bonds. The molecule has 2 nitrogen and oxygen atoms in total. The van der Waals surface area contributed by atoms with Gasteiger partial charge in [0.25, 0.3) is 0 Å². The third-order valence-electron chi connectivity index (χ3n) is 3.07. The van der Waals surface area contributed by atoms with Gasteiger partial charge in [0.1, 0.15) is 11.5 Å². The van der Waals surface area contributed by atoms with Crippen molar-refractivity contribution in [3.8, 4) is 11.5 Å². The Bertz CT molecular complexity index is 546. The average molecular weight is 258 g/mol. The minimum absolute atomic E-state index is 0.736. The monoisotopic (exact) mass is 258 g/mol. The molecule has 0 aromatic heterocycles. The van der Waals surface area contributed by atoms with E-state index in [0.717, 1.165) is 48.5 Å². The first-order valence-corrected chi connectivity index (χ1v) is 7.05. The maximum Gasteiger partial charge on any atom is 0.133 e. The molecule has 0 heterocycles. The first kappa shape index (κ1) is 13.7. The summed E-state index contributed by atoms with van der Waals surface area (Å²) in [5.41, 5.74) is 1.16. The third kappa shape index (κ3) is 3.01. The molecule has 0 aliphatic carbocycles. The fourth-order valence-corrected chi connectivity index (χ4v) is 2.14. The zero-order valence-electron chi connectivity index (χ0n) is 12.0. The van der Waals surface area contributed by atoms with E-state index in [1.165, 1.54) is 5.39 Å². The van der Waals surface area contributed by atoms with Gasteiger partial charge in [-0.05, 0) is 36.8 Å². The smallest absolute Gasteiger partial charge is 0.133 e. The summed E-state index contributed by atoms with van der Waals surface area (Å²) < 4.78 is 11.8. The molecule has 0 aliphatic heterocycles. The van der Waals surface area contributed by atoms with Gasteiger partial charge in [0.05, 0.1) is 18.6 Å². The van der Waals surface area contributed by atoms with E-state index in [9.17, 15) is 0 Å². The van der Waals surface area contributed by atoms with E-state index in [1.54, 1.807) is 0 Å². The van der Waals surface area contributed by atoms with E-state index in [0.29, 0.717) is 0 Å². The van der Waals surface area contributed by atoms with Crippen LogP contribution in [0.2, 0.25) is 0 Å². The van der Waals surface area contributed by atoms with Gasteiger partial charge < -0.3 is 9.47 Å². The molecule has 102 valence electrons. The first-order valence-electron chi connectivity index (χ1n) is 7.05. The number of rotatable bonds is 6. The zero-order chi connectivity index (χ0) is 13.7. The Morgan fingerprint density at radius 3 is 2.37 bits per heavy atom. The van der Waals surface area contributed by atoms with Crippen LogP contribution in [0, 0.1) is 6.92 Å². The Kier molecular flexibility index (Phi) is 4.67. The molecular formula is C17H22O2. The van der Waals surface area contributed by atoms with Gasteiger partial charge in [0, 0.05) is 0 Å². The standard InChI is InChI=1S/C17H22O2/c1-4-11-18-15-8-6-7-14-10-9-13(3)17(16(14)15)19-12-5-2/h6-10H,4-5,11-12H2,1-3H3.